The Balaban J connectivity index is 1.38. The number of anilines is 1. The zero-order chi connectivity index (χ0) is 27.8. The second-order valence-corrected chi connectivity index (χ2v) is 12.6. The molecule has 1 aliphatic heterocycles. The summed E-state index contributed by atoms with van der Waals surface area (Å²) in [6, 6.07) is 5.70. The van der Waals surface area contributed by atoms with Gasteiger partial charge in [-0.1, -0.05) is 31.9 Å². The molecule has 1 aliphatic carbocycles. The molecule has 39 heavy (non-hydrogen) atoms. The van der Waals surface area contributed by atoms with Gasteiger partial charge in [-0.05, 0) is 67.7 Å². The number of aryl methyl sites for hydroxylation is 3. The molecule has 1 atom stereocenters. The minimum absolute atomic E-state index is 0.0445. The van der Waals surface area contributed by atoms with Crippen LogP contribution in [0.25, 0.3) is 5.78 Å². The molecule has 0 bridgehead atoms. The van der Waals surface area contributed by atoms with Crippen molar-refractivity contribution in [2.45, 2.75) is 77.2 Å². The summed E-state index contributed by atoms with van der Waals surface area (Å²) < 4.78 is 33.9. The summed E-state index contributed by atoms with van der Waals surface area (Å²) in [5.74, 6) is 0.528. The van der Waals surface area contributed by atoms with Crippen molar-refractivity contribution in [3.8, 4) is 0 Å². The van der Waals surface area contributed by atoms with E-state index in [1.165, 1.54) is 0 Å². The first kappa shape index (κ1) is 27.1. The lowest BCUT2D eigenvalue weighted by molar-refractivity contribution is -0.167. The summed E-state index contributed by atoms with van der Waals surface area (Å²) in [5, 5.41) is 15.6. The Kier molecular flexibility index (Phi) is 7.37. The largest absolute Gasteiger partial charge is 0.512 e. The number of cyclic esters (lactones) is 1. The van der Waals surface area contributed by atoms with Crippen LogP contribution in [0.2, 0.25) is 0 Å². The highest BCUT2D eigenvalue weighted by molar-refractivity contribution is 7.92. The Hall–Kier alpha value is -3.47. The van der Waals surface area contributed by atoms with Gasteiger partial charge in [0.1, 0.15) is 11.4 Å². The van der Waals surface area contributed by atoms with Gasteiger partial charge in [-0.3, -0.25) is 4.72 Å². The van der Waals surface area contributed by atoms with Crippen molar-refractivity contribution in [3.05, 3.63) is 64.4 Å². The molecule has 1 unspecified atom stereocenters. The number of carbonyl (C=O) groups excluding carboxylic acids is 1. The molecule has 2 aliphatic rings. The lowest BCUT2D eigenvalue weighted by atomic mass is 9.76. The van der Waals surface area contributed by atoms with Gasteiger partial charge in [0.05, 0.1) is 17.5 Å². The topological polar surface area (TPSA) is 136 Å². The van der Waals surface area contributed by atoms with Crippen molar-refractivity contribution in [2.24, 2.45) is 5.92 Å². The Bertz CT molecular complexity index is 1540. The van der Waals surface area contributed by atoms with Gasteiger partial charge in [-0.2, -0.15) is 4.98 Å². The highest BCUT2D eigenvalue weighted by Crippen LogP contribution is 2.46. The normalized spacial score (nSPS) is 20.5. The molecule has 1 fully saturated rings. The lowest BCUT2D eigenvalue weighted by Gasteiger charge is -2.41. The van der Waals surface area contributed by atoms with Crippen molar-refractivity contribution in [1.82, 2.24) is 19.6 Å². The third-order valence-electron chi connectivity index (χ3n) is 7.84. The van der Waals surface area contributed by atoms with Crippen LogP contribution in [0, 0.1) is 12.8 Å². The first-order valence-corrected chi connectivity index (χ1v) is 15.4. The number of sulfonamides is 1. The van der Waals surface area contributed by atoms with E-state index in [1.54, 1.807) is 16.8 Å². The van der Waals surface area contributed by atoms with Crippen LogP contribution in [0.3, 0.4) is 0 Å². The minimum atomic E-state index is -3.38. The monoisotopic (exact) mass is 553 g/mol. The molecule has 208 valence electrons. The first-order valence-electron chi connectivity index (χ1n) is 13.5. The van der Waals surface area contributed by atoms with Crippen LogP contribution < -0.4 is 4.72 Å². The van der Waals surface area contributed by atoms with Gasteiger partial charge >= 0.3 is 5.97 Å². The molecule has 10 nitrogen and oxygen atoms in total. The number of carbonyl (C=O) groups is 1. The Morgan fingerprint density at radius 3 is 2.72 bits per heavy atom. The number of esters is 1. The molecule has 0 amide bonds. The summed E-state index contributed by atoms with van der Waals surface area (Å²) in [5.41, 5.74) is 2.86. The van der Waals surface area contributed by atoms with Crippen molar-refractivity contribution in [1.29, 1.82) is 0 Å². The van der Waals surface area contributed by atoms with Crippen molar-refractivity contribution >= 4 is 27.5 Å². The molecule has 11 heteroatoms. The molecule has 1 aromatic carbocycles. The summed E-state index contributed by atoms with van der Waals surface area (Å²) in [6.45, 7) is 3.89. The second kappa shape index (κ2) is 10.6. The summed E-state index contributed by atoms with van der Waals surface area (Å²) in [6.07, 6.45) is 10.9. The van der Waals surface area contributed by atoms with E-state index in [2.05, 4.69) is 19.8 Å². The number of aliphatic hydroxyl groups is 1. The van der Waals surface area contributed by atoms with E-state index in [9.17, 15) is 18.3 Å². The van der Waals surface area contributed by atoms with E-state index in [4.69, 9.17) is 4.74 Å². The quantitative estimate of drug-likeness (QED) is 0.376. The Labute approximate surface area is 228 Å². The fraction of sp³-hybridized carbons (Fsp3) is 0.500. The van der Waals surface area contributed by atoms with Crippen molar-refractivity contribution in [2.75, 3.05) is 11.0 Å². The first-order chi connectivity index (χ1) is 18.5. The average Bonchev–Trinajstić information content (AvgIpc) is 3.55. The maximum atomic E-state index is 13.4. The number of rotatable bonds is 9. The van der Waals surface area contributed by atoms with Crippen LogP contribution in [0.4, 0.5) is 5.69 Å². The fourth-order valence-electron chi connectivity index (χ4n) is 5.89. The molecule has 3 aromatic rings. The molecule has 0 spiro atoms. The molecule has 0 radical (unpaired) electrons. The zero-order valence-corrected chi connectivity index (χ0v) is 23.4. The van der Waals surface area contributed by atoms with E-state index >= 15 is 0 Å². The Morgan fingerprint density at radius 1 is 1.26 bits per heavy atom. The molecule has 3 heterocycles. The number of benzene rings is 1. The third kappa shape index (κ3) is 5.93. The second-order valence-electron chi connectivity index (χ2n) is 10.8. The van der Waals surface area contributed by atoms with Gasteiger partial charge < -0.3 is 9.84 Å². The smallest absolute Gasteiger partial charge is 0.338 e. The number of nitrogens with zero attached hydrogens (tertiary/aromatic N) is 4. The van der Waals surface area contributed by atoms with Gasteiger partial charge in [0.15, 0.2) is 5.82 Å². The van der Waals surface area contributed by atoms with Gasteiger partial charge in [0.25, 0.3) is 5.78 Å². The van der Waals surface area contributed by atoms with E-state index in [0.717, 1.165) is 48.6 Å². The molecule has 2 N–H and O–H groups in total. The predicted molar refractivity (Wildman–Crippen MR) is 147 cm³/mol. The molecular formula is C28H35N5O5S. The standard InChI is InChI=1S/C28H35N5O5S/c1-4-20-13-19(9-10-23(20)32-39(3,36)37)11-12-28(21-7-5-6-8-21)15-24(34)22(26(35)38-28)14-25-30-27-29-16-18(2)17-33(27)31-25/h9-10,13,16-17,21,32,34H,4-8,11-12,14-15H2,1-3H3. The number of hydrogen-bond donors (Lipinski definition) is 2. The highest BCUT2D eigenvalue weighted by Gasteiger charge is 2.48. The van der Waals surface area contributed by atoms with Crippen molar-refractivity contribution in [3.63, 3.8) is 0 Å². The fourth-order valence-corrected chi connectivity index (χ4v) is 6.49. The van der Waals surface area contributed by atoms with Crippen LogP contribution in [-0.2, 0) is 38.8 Å². The highest BCUT2D eigenvalue weighted by atomic mass is 32.2. The van der Waals surface area contributed by atoms with E-state index < -0.39 is 21.6 Å². The number of aromatic nitrogens is 4. The lowest BCUT2D eigenvalue weighted by Crippen LogP contribution is -2.46. The van der Waals surface area contributed by atoms with E-state index in [1.807, 2.05) is 32.2 Å². The SMILES string of the molecule is CCc1cc(CCC2(C3CCCC3)CC(O)=C(Cc3nc4ncc(C)cn4n3)C(=O)O2)ccc1NS(C)(=O)=O. The summed E-state index contributed by atoms with van der Waals surface area (Å²) in [7, 11) is -3.38. The van der Waals surface area contributed by atoms with Crippen LogP contribution in [-0.4, -0.2) is 50.9 Å². The number of ether oxygens (including phenoxy) is 1. The summed E-state index contributed by atoms with van der Waals surface area (Å²) in [4.78, 5) is 22.0. The summed E-state index contributed by atoms with van der Waals surface area (Å²) >= 11 is 0. The van der Waals surface area contributed by atoms with Gasteiger partial charge in [-0.25, -0.2) is 22.7 Å². The number of nitrogens with one attached hydrogen (secondary N) is 1. The van der Waals surface area contributed by atoms with Crippen LogP contribution >= 0.6 is 0 Å². The van der Waals surface area contributed by atoms with Gasteiger partial charge in [0.2, 0.25) is 10.0 Å². The molecule has 0 saturated heterocycles. The maximum Gasteiger partial charge on any atom is 0.338 e. The average molecular weight is 554 g/mol. The molecule has 5 rings (SSSR count). The number of fused-ring (bicyclic) bond motifs is 1. The molecular weight excluding hydrogens is 518 g/mol. The number of aliphatic hydroxyl groups excluding tert-OH is 1. The van der Waals surface area contributed by atoms with Crippen LogP contribution in [0.15, 0.2) is 41.9 Å². The predicted octanol–water partition coefficient (Wildman–Crippen LogP) is 4.23. The van der Waals surface area contributed by atoms with Gasteiger partial charge in [-0.15, -0.1) is 5.10 Å². The molecule has 1 saturated carbocycles. The maximum absolute atomic E-state index is 13.4. The zero-order valence-electron chi connectivity index (χ0n) is 22.6. The molecule has 2 aromatic heterocycles. The third-order valence-corrected chi connectivity index (χ3v) is 8.43. The minimum Gasteiger partial charge on any atom is -0.512 e. The van der Waals surface area contributed by atoms with E-state index in [0.29, 0.717) is 36.6 Å². The van der Waals surface area contributed by atoms with Crippen LogP contribution in [0.5, 0.6) is 0 Å². The Morgan fingerprint density at radius 2 is 2.03 bits per heavy atom. The number of hydrogen-bond acceptors (Lipinski definition) is 8. The van der Waals surface area contributed by atoms with Crippen molar-refractivity contribution < 1.29 is 23.1 Å². The van der Waals surface area contributed by atoms with Crippen LogP contribution in [0.1, 0.15) is 68.0 Å². The van der Waals surface area contributed by atoms with Gasteiger partial charge in [0, 0.05) is 25.2 Å². The van der Waals surface area contributed by atoms with E-state index in [-0.39, 0.29) is 30.1 Å².